The zero-order valence-corrected chi connectivity index (χ0v) is 20.0. The van der Waals surface area contributed by atoms with Crippen LogP contribution in [-0.2, 0) is 11.3 Å². The van der Waals surface area contributed by atoms with E-state index in [1.165, 1.54) is 56.0 Å². The Morgan fingerprint density at radius 1 is 1.03 bits per heavy atom. The lowest BCUT2D eigenvalue weighted by atomic mass is 10.1. The highest BCUT2D eigenvalue weighted by atomic mass is 32.2. The van der Waals surface area contributed by atoms with E-state index in [9.17, 15) is 9.18 Å². The van der Waals surface area contributed by atoms with Crippen molar-refractivity contribution in [3.8, 4) is 5.69 Å². The molecule has 2 fully saturated rings. The first kappa shape index (κ1) is 23.0. The summed E-state index contributed by atoms with van der Waals surface area (Å²) >= 11 is 1.33. The molecule has 1 aromatic carbocycles. The highest BCUT2D eigenvalue weighted by molar-refractivity contribution is 7.99. The van der Waals surface area contributed by atoms with Crippen LogP contribution in [0.1, 0.15) is 56.8 Å². The van der Waals surface area contributed by atoms with E-state index < -0.39 is 0 Å². The molecule has 0 bridgehead atoms. The molecule has 1 saturated heterocycles. The molecule has 0 unspecified atom stereocenters. The van der Waals surface area contributed by atoms with E-state index in [0.717, 1.165) is 43.3 Å². The van der Waals surface area contributed by atoms with Gasteiger partial charge in [0.15, 0.2) is 11.0 Å². The van der Waals surface area contributed by atoms with Crippen LogP contribution >= 0.6 is 11.8 Å². The summed E-state index contributed by atoms with van der Waals surface area (Å²) in [7, 11) is 0. The molecule has 8 nitrogen and oxygen atoms in total. The zero-order valence-electron chi connectivity index (χ0n) is 19.2. The lowest BCUT2D eigenvalue weighted by Gasteiger charge is -2.26. The Bertz CT molecular complexity index is 1100. The van der Waals surface area contributed by atoms with Gasteiger partial charge in [-0.1, -0.05) is 31.0 Å². The monoisotopic (exact) mass is 483 g/mol. The second-order valence-electron chi connectivity index (χ2n) is 8.98. The first-order valence-corrected chi connectivity index (χ1v) is 13.0. The molecular weight excluding hydrogens is 453 g/mol. The van der Waals surface area contributed by atoms with Crippen molar-refractivity contribution in [1.29, 1.82) is 0 Å². The predicted molar refractivity (Wildman–Crippen MR) is 130 cm³/mol. The van der Waals surface area contributed by atoms with Crippen molar-refractivity contribution in [1.82, 2.24) is 29.4 Å². The summed E-state index contributed by atoms with van der Waals surface area (Å²) in [5, 5.41) is 16.9. The zero-order chi connectivity index (χ0) is 23.3. The number of rotatable bonds is 8. The summed E-state index contributed by atoms with van der Waals surface area (Å²) in [4.78, 5) is 15.2. The lowest BCUT2D eigenvalue weighted by Crippen LogP contribution is -2.30. The van der Waals surface area contributed by atoms with Gasteiger partial charge in [0.05, 0.1) is 24.5 Å². The second-order valence-corrected chi connectivity index (χ2v) is 9.93. The van der Waals surface area contributed by atoms with E-state index in [2.05, 4.69) is 25.5 Å². The smallest absolute Gasteiger partial charge is 0.235 e. The summed E-state index contributed by atoms with van der Waals surface area (Å²) in [5.74, 6) is 1.33. The minimum Gasteiger partial charge on any atom is -0.310 e. The first-order valence-electron chi connectivity index (χ1n) is 12.1. The van der Waals surface area contributed by atoms with E-state index in [4.69, 9.17) is 0 Å². The normalized spacial score (nSPS) is 17.3. The van der Waals surface area contributed by atoms with Gasteiger partial charge in [0.25, 0.3) is 0 Å². The van der Waals surface area contributed by atoms with Crippen molar-refractivity contribution in [2.24, 2.45) is 0 Å². The molecule has 1 aliphatic heterocycles. The number of hydrogen-bond acceptors (Lipinski definition) is 6. The van der Waals surface area contributed by atoms with E-state index in [1.807, 2.05) is 15.3 Å². The number of benzene rings is 1. The quantitative estimate of drug-likeness (QED) is 0.477. The number of thioether (sulfide) groups is 1. The SMILES string of the molecule is O=C(CSc1nnc(CN2CCCCC2)n1-c1ccc(F)cc1)Nc1ccnn1C1CCCC1. The van der Waals surface area contributed by atoms with Crippen LogP contribution in [0.15, 0.2) is 41.7 Å². The van der Waals surface area contributed by atoms with Gasteiger partial charge in [0.2, 0.25) is 5.91 Å². The number of halogens is 1. The predicted octanol–water partition coefficient (Wildman–Crippen LogP) is 4.43. The number of carbonyl (C=O) groups is 1. The maximum atomic E-state index is 13.6. The number of hydrogen-bond donors (Lipinski definition) is 1. The van der Waals surface area contributed by atoms with E-state index in [1.54, 1.807) is 18.3 Å². The van der Waals surface area contributed by atoms with Gasteiger partial charge in [-0.15, -0.1) is 10.2 Å². The molecule has 0 atom stereocenters. The largest absolute Gasteiger partial charge is 0.310 e. The summed E-state index contributed by atoms with van der Waals surface area (Å²) in [5.41, 5.74) is 0.792. The number of nitrogens with zero attached hydrogens (tertiary/aromatic N) is 6. The number of nitrogens with one attached hydrogen (secondary N) is 1. The lowest BCUT2D eigenvalue weighted by molar-refractivity contribution is -0.113. The number of carbonyl (C=O) groups excluding carboxylic acids is 1. The number of amides is 1. The van der Waals surface area contributed by atoms with Gasteiger partial charge in [0.1, 0.15) is 11.6 Å². The van der Waals surface area contributed by atoms with E-state index in [-0.39, 0.29) is 17.5 Å². The topological polar surface area (TPSA) is 80.9 Å². The van der Waals surface area contributed by atoms with Crippen LogP contribution in [-0.4, -0.2) is 54.2 Å². The van der Waals surface area contributed by atoms with Crippen LogP contribution in [0.25, 0.3) is 5.69 Å². The minimum absolute atomic E-state index is 0.115. The third-order valence-electron chi connectivity index (χ3n) is 6.54. The van der Waals surface area contributed by atoms with Gasteiger partial charge in [-0.3, -0.25) is 14.3 Å². The van der Waals surface area contributed by atoms with Crippen LogP contribution in [0.2, 0.25) is 0 Å². The molecule has 1 aliphatic carbocycles. The molecule has 1 N–H and O–H groups in total. The molecule has 0 spiro atoms. The van der Waals surface area contributed by atoms with Crippen molar-refractivity contribution in [3.05, 3.63) is 48.2 Å². The molecule has 2 aliphatic rings. The Hall–Kier alpha value is -2.72. The molecule has 1 amide bonds. The highest BCUT2D eigenvalue weighted by Gasteiger charge is 2.22. The van der Waals surface area contributed by atoms with Gasteiger partial charge in [-0.2, -0.15) is 5.10 Å². The second kappa shape index (κ2) is 10.7. The Balaban J connectivity index is 1.29. The fourth-order valence-corrected chi connectivity index (χ4v) is 5.60. The number of likely N-dealkylation sites (tertiary alicyclic amines) is 1. The van der Waals surface area contributed by atoms with Crippen LogP contribution < -0.4 is 5.32 Å². The summed E-state index contributed by atoms with van der Waals surface area (Å²) in [6.45, 7) is 2.75. The molecule has 1 saturated carbocycles. The third kappa shape index (κ3) is 5.33. The van der Waals surface area contributed by atoms with Gasteiger partial charge >= 0.3 is 0 Å². The molecule has 0 radical (unpaired) electrons. The molecule has 34 heavy (non-hydrogen) atoms. The van der Waals surface area contributed by atoms with Crippen molar-refractivity contribution >= 4 is 23.5 Å². The van der Waals surface area contributed by atoms with E-state index in [0.29, 0.717) is 17.7 Å². The van der Waals surface area contributed by atoms with Gasteiger partial charge in [-0.25, -0.2) is 9.07 Å². The average molecular weight is 484 g/mol. The fraction of sp³-hybridized carbons (Fsp3) is 0.500. The maximum absolute atomic E-state index is 13.6. The maximum Gasteiger partial charge on any atom is 0.235 e. The highest BCUT2D eigenvalue weighted by Crippen LogP contribution is 2.31. The Morgan fingerprint density at radius 2 is 1.79 bits per heavy atom. The standard InChI is InChI=1S/C24H30FN7OS/c25-18-8-10-19(11-9-18)31-22(16-30-14-4-1-5-15-30)28-29-24(31)34-17-23(33)27-21-12-13-26-32(21)20-6-2-3-7-20/h8-13,20H,1-7,14-17H2,(H,27,33). The number of piperidine rings is 1. The summed E-state index contributed by atoms with van der Waals surface area (Å²) in [6, 6.07) is 8.53. The van der Waals surface area contributed by atoms with Crippen molar-refractivity contribution in [3.63, 3.8) is 0 Å². The molecule has 3 aromatic rings. The third-order valence-corrected chi connectivity index (χ3v) is 7.47. The molecule has 10 heteroatoms. The fourth-order valence-electron chi connectivity index (χ4n) is 4.83. The summed E-state index contributed by atoms with van der Waals surface area (Å²) < 4.78 is 17.4. The molecule has 3 heterocycles. The van der Waals surface area contributed by atoms with Gasteiger partial charge in [-0.05, 0) is 63.0 Å². The van der Waals surface area contributed by atoms with Gasteiger partial charge in [0, 0.05) is 11.8 Å². The molecule has 2 aromatic heterocycles. The molecular formula is C24H30FN7OS. The summed E-state index contributed by atoms with van der Waals surface area (Å²) in [6.07, 6.45) is 9.96. The average Bonchev–Trinajstić information content (AvgIpc) is 3.60. The van der Waals surface area contributed by atoms with Crippen LogP contribution in [0.3, 0.4) is 0 Å². The number of anilines is 1. The van der Waals surface area contributed by atoms with Crippen LogP contribution in [0.4, 0.5) is 10.2 Å². The number of aromatic nitrogens is 5. The van der Waals surface area contributed by atoms with Gasteiger partial charge < -0.3 is 5.32 Å². The Morgan fingerprint density at radius 3 is 2.56 bits per heavy atom. The Labute approximate surface area is 202 Å². The molecule has 180 valence electrons. The van der Waals surface area contributed by atoms with Crippen molar-refractivity contribution < 1.29 is 9.18 Å². The molecule has 5 rings (SSSR count). The van der Waals surface area contributed by atoms with Crippen molar-refractivity contribution in [2.45, 2.75) is 62.7 Å². The van der Waals surface area contributed by atoms with E-state index >= 15 is 0 Å². The van der Waals surface area contributed by atoms with Crippen LogP contribution in [0, 0.1) is 5.82 Å². The van der Waals surface area contributed by atoms with Crippen molar-refractivity contribution in [2.75, 3.05) is 24.2 Å². The Kier molecular flexibility index (Phi) is 7.24. The first-order chi connectivity index (χ1) is 16.7. The van der Waals surface area contributed by atoms with Crippen LogP contribution in [0.5, 0.6) is 0 Å². The minimum atomic E-state index is -0.290.